The number of allylic oxidation sites excluding steroid dienone is 18. The van der Waals surface area contributed by atoms with Gasteiger partial charge in [0.15, 0.2) is 0 Å². The molecule has 69 heavy (non-hydrogen) atoms. The van der Waals surface area contributed by atoms with E-state index < -0.39 is 0 Å². The summed E-state index contributed by atoms with van der Waals surface area (Å²) in [5.41, 5.74) is 22.9. The summed E-state index contributed by atoms with van der Waals surface area (Å²) in [5.74, 6) is 7.08. The van der Waals surface area contributed by atoms with Gasteiger partial charge in [-0.3, -0.25) is 4.99 Å². The van der Waals surface area contributed by atoms with E-state index in [-0.39, 0.29) is 5.41 Å². The highest BCUT2D eigenvalue weighted by molar-refractivity contribution is 5.89. The van der Waals surface area contributed by atoms with Crippen molar-refractivity contribution in [1.82, 2.24) is 5.32 Å². The summed E-state index contributed by atoms with van der Waals surface area (Å²) in [6.45, 7) is 6.15. The van der Waals surface area contributed by atoms with Gasteiger partial charge in [0.25, 0.3) is 0 Å². The quantitative estimate of drug-likeness (QED) is 0.258. The number of nitrogens with zero attached hydrogens (tertiary/aromatic N) is 1. The molecule has 0 aromatic heterocycles. The first-order valence-electron chi connectivity index (χ1n) is 29.1. The minimum absolute atomic E-state index is 0.261. The molecule has 2 heteroatoms. The summed E-state index contributed by atoms with van der Waals surface area (Å²) in [6.07, 6.45) is 61.8. The van der Waals surface area contributed by atoms with Crippen molar-refractivity contribution in [1.29, 1.82) is 0 Å². The van der Waals surface area contributed by atoms with Crippen LogP contribution in [0.15, 0.2) is 140 Å². The molecule has 1 aromatic rings. The molecular formula is C67H82N2. The Balaban J connectivity index is 0.660. The molecule has 2 nitrogen and oxygen atoms in total. The summed E-state index contributed by atoms with van der Waals surface area (Å²) < 4.78 is 0. The lowest BCUT2D eigenvalue weighted by molar-refractivity contribution is 0.0949. The maximum Gasteiger partial charge on any atom is 0.0302 e. The van der Waals surface area contributed by atoms with Gasteiger partial charge in [-0.15, -0.1) is 0 Å². The van der Waals surface area contributed by atoms with Gasteiger partial charge in [0.1, 0.15) is 0 Å². The van der Waals surface area contributed by atoms with Crippen molar-refractivity contribution in [3.63, 3.8) is 0 Å². The number of aryl methyl sites for hydroxylation is 1. The third kappa shape index (κ3) is 8.31. The van der Waals surface area contributed by atoms with E-state index in [0.717, 1.165) is 53.9 Å². The Hall–Kier alpha value is -4.01. The third-order valence-corrected chi connectivity index (χ3v) is 21.5. The van der Waals surface area contributed by atoms with Crippen LogP contribution in [0.5, 0.6) is 0 Å². The van der Waals surface area contributed by atoms with E-state index in [1.807, 2.05) is 5.57 Å². The molecule has 0 amide bonds. The van der Waals surface area contributed by atoms with Crippen molar-refractivity contribution < 1.29 is 0 Å². The smallest absolute Gasteiger partial charge is 0.0302 e. The molecule has 12 aliphatic rings. The average Bonchev–Trinajstić information content (AvgIpc) is 3.69. The number of piperidine rings is 1. The van der Waals surface area contributed by atoms with Crippen LogP contribution >= 0.6 is 0 Å². The SMILES string of the molecule is CCC1(CC)C2=C(CCC(/C=C/C3=CCC4C(CCC5C=C(C6=CN=C7CCCCC7C6)CCC54)C3)=C2)C2CCC(/C=C/c3ccc4c(c3)CCC3=C4CCC(C4CNC5C=CCCC5C4)=C3)=CC21. The predicted molar refractivity (Wildman–Crippen MR) is 291 cm³/mol. The Morgan fingerprint density at radius 1 is 0.725 bits per heavy atom. The fourth-order valence-corrected chi connectivity index (χ4v) is 17.7. The highest BCUT2D eigenvalue weighted by atomic mass is 14.9. The number of rotatable bonds is 8. The number of nitrogens with one attached hydrogen (secondary N) is 1. The van der Waals surface area contributed by atoms with E-state index in [2.05, 4.69) is 110 Å². The zero-order valence-electron chi connectivity index (χ0n) is 42.6. The zero-order valence-corrected chi connectivity index (χ0v) is 42.6. The van der Waals surface area contributed by atoms with E-state index >= 15 is 0 Å². The molecule has 13 rings (SSSR count). The van der Waals surface area contributed by atoms with Gasteiger partial charge >= 0.3 is 0 Å². The van der Waals surface area contributed by atoms with Crippen molar-refractivity contribution in [3.05, 3.63) is 152 Å². The Bertz CT molecular complexity index is 2610. The van der Waals surface area contributed by atoms with Crippen molar-refractivity contribution >= 4 is 17.4 Å². The molecule has 0 bridgehead atoms. The lowest BCUT2D eigenvalue weighted by atomic mass is 9.58. The lowest BCUT2D eigenvalue weighted by Gasteiger charge is -2.47. The fourth-order valence-electron chi connectivity index (χ4n) is 17.7. The average molecular weight is 915 g/mol. The number of benzene rings is 1. The molecule has 0 radical (unpaired) electrons. The molecule has 10 atom stereocenters. The van der Waals surface area contributed by atoms with Crippen LogP contribution in [0.2, 0.25) is 0 Å². The van der Waals surface area contributed by atoms with Crippen LogP contribution in [0.1, 0.15) is 178 Å². The fraction of sp³-hybridized carbons (Fsp3) is 0.567. The minimum atomic E-state index is 0.261. The minimum Gasteiger partial charge on any atom is -0.310 e. The first-order chi connectivity index (χ1) is 34.0. The van der Waals surface area contributed by atoms with E-state index in [1.165, 1.54) is 165 Å². The van der Waals surface area contributed by atoms with Gasteiger partial charge in [-0.1, -0.05) is 128 Å². The highest BCUT2D eigenvalue weighted by Gasteiger charge is 2.51. The molecule has 360 valence electrons. The van der Waals surface area contributed by atoms with Gasteiger partial charge in [0, 0.05) is 35.8 Å². The second-order valence-electron chi connectivity index (χ2n) is 24.6. The molecule has 3 fully saturated rings. The Labute approximate surface area is 416 Å². The summed E-state index contributed by atoms with van der Waals surface area (Å²) in [4.78, 5) is 5.02. The van der Waals surface area contributed by atoms with Gasteiger partial charge in [-0.05, 0) is 245 Å². The summed E-state index contributed by atoms with van der Waals surface area (Å²) in [6, 6.07) is 8.05. The van der Waals surface area contributed by atoms with Crippen LogP contribution in [0.3, 0.4) is 0 Å². The largest absolute Gasteiger partial charge is 0.310 e. The van der Waals surface area contributed by atoms with Crippen LogP contribution in [-0.4, -0.2) is 18.3 Å². The monoisotopic (exact) mass is 915 g/mol. The molecule has 10 aliphatic carbocycles. The molecule has 2 aliphatic heterocycles. The second kappa shape index (κ2) is 18.9. The van der Waals surface area contributed by atoms with Crippen LogP contribution in [0.4, 0.5) is 0 Å². The Morgan fingerprint density at radius 3 is 2.59 bits per heavy atom. The van der Waals surface area contributed by atoms with E-state index in [0.29, 0.717) is 12.0 Å². The van der Waals surface area contributed by atoms with Crippen molar-refractivity contribution in [2.45, 2.75) is 174 Å². The standard InChI is InChI=1S/C67H82N2/c1-3-67(4-2)63-35-45(15-13-43-17-27-57-49(33-43)21-23-51-37-47(25-31-59(51)57)55-39-53-9-5-7-11-65(53)68-41-55)19-29-61(63)62-30-20-46(36-64(62)67)16-14-44-18-28-58-50(34-44)22-24-52-38-48(26-32-60(52)58)56-40-54-10-6-8-12-66(54)69-42-56/h7,11,13-18,27,33,35-38,42,50,52-55,58,60-61,63,65,68H,3-6,8-10,12,19-26,28-32,34,39-41H2,1-2H3/b15-13+,16-14+. The Morgan fingerprint density at radius 2 is 1.65 bits per heavy atom. The van der Waals surface area contributed by atoms with Crippen LogP contribution in [0, 0.1) is 58.7 Å². The first kappa shape index (κ1) is 44.9. The Kier molecular flexibility index (Phi) is 12.3. The van der Waals surface area contributed by atoms with Crippen molar-refractivity contribution in [3.8, 4) is 0 Å². The zero-order chi connectivity index (χ0) is 46.1. The molecule has 1 N–H and O–H groups in total. The van der Waals surface area contributed by atoms with E-state index in [9.17, 15) is 0 Å². The molecule has 1 aromatic carbocycles. The third-order valence-electron chi connectivity index (χ3n) is 21.5. The topological polar surface area (TPSA) is 24.4 Å². The highest BCUT2D eigenvalue weighted by Crippen LogP contribution is 2.62. The summed E-state index contributed by atoms with van der Waals surface area (Å²) in [7, 11) is 0. The second-order valence-corrected chi connectivity index (χ2v) is 24.6. The maximum absolute atomic E-state index is 5.02. The van der Waals surface area contributed by atoms with E-state index in [1.54, 1.807) is 61.3 Å². The lowest BCUT2D eigenvalue weighted by Crippen LogP contribution is -2.45. The molecule has 2 saturated carbocycles. The van der Waals surface area contributed by atoms with Gasteiger partial charge in [0.05, 0.1) is 0 Å². The van der Waals surface area contributed by atoms with Gasteiger partial charge < -0.3 is 5.32 Å². The molecule has 2 heterocycles. The number of hydrogen-bond acceptors (Lipinski definition) is 2. The molecular weight excluding hydrogens is 833 g/mol. The van der Waals surface area contributed by atoms with Gasteiger partial charge in [-0.2, -0.15) is 0 Å². The normalized spacial score (nSPS) is 35.7. The van der Waals surface area contributed by atoms with Crippen LogP contribution in [-0.2, 0) is 6.42 Å². The number of fused-ring (bicyclic) bond motifs is 9. The van der Waals surface area contributed by atoms with Gasteiger partial charge in [-0.25, -0.2) is 0 Å². The summed E-state index contributed by atoms with van der Waals surface area (Å²) in [5, 5.41) is 3.90. The van der Waals surface area contributed by atoms with Crippen LogP contribution < -0.4 is 5.32 Å². The molecule has 0 spiro atoms. The van der Waals surface area contributed by atoms with Crippen molar-refractivity contribution in [2.75, 3.05) is 6.54 Å². The molecule has 10 unspecified atom stereocenters. The first-order valence-corrected chi connectivity index (χ1v) is 29.1. The maximum atomic E-state index is 5.02. The molecule has 1 saturated heterocycles. The van der Waals surface area contributed by atoms with E-state index in [4.69, 9.17) is 4.99 Å². The van der Waals surface area contributed by atoms with Crippen molar-refractivity contribution in [2.24, 2.45) is 63.7 Å². The predicted octanol–water partition coefficient (Wildman–Crippen LogP) is 17.0. The van der Waals surface area contributed by atoms with Crippen LogP contribution in [0.25, 0.3) is 11.6 Å². The number of hydrogen-bond donors (Lipinski definition) is 1. The number of aliphatic imine (C=N–C) groups is 1. The summed E-state index contributed by atoms with van der Waals surface area (Å²) >= 11 is 0. The van der Waals surface area contributed by atoms with Gasteiger partial charge in [0.2, 0.25) is 0 Å².